The average Bonchev–Trinajstić information content (AvgIpc) is 2.57. The van der Waals surface area contributed by atoms with Gasteiger partial charge in [0.1, 0.15) is 5.75 Å². The quantitative estimate of drug-likeness (QED) is 0.727. The molecular formula is C18H17Cl2NO4. The molecule has 2 rings (SSSR count). The van der Waals surface area contributed by atoms with Gasteiger partial charge in [0, 0.05) is 5.56 Å². The van der Waals surface area contributed by atoms with Crippen LogP contribution in [-0.4, -0.2) is 23.1 Å². The van der Waals surface area contributed by atoms with Gasteiger partial charge in [0.15, 0.2) is 0 Å². The first kappa shape index (κ1) is 19.1. The summed E-state index contributed by atoms with van der Waals surface area (Å²) in [6.45, 7) is 3.98. The van der Waals surface area contributed by atoms with Crippen molar-refractivity contribution in [2.24, 2.45) is 0 Å². The summed E-state index contributed by atoms with van der Waals surface area (Å²) in [4.78, 5) is 23.5. The third-order valence-corrected chi connectivity index (χ3v) is 4.19. The summed E-state index contributed by atoms with van der Waals surface area (Å²) in [5.74, 6) is -0.956. The van der Waals surface area contributed by atoms with Gasteiger partial charge in [0.05, 0.1) is 27.4 Å². The van der Waals surface area contributed by atoms with E-state index in [-0.39, 0.29) is 27.4 Å². The van der Waals surface area contributed by atoms with E-state index in [0.29, 0.717) is 11.3 Å². The molecule has 2 N–H and O–H groups in total. The smallest absolute Gasteiger partial charge is 0.337 e. The normalized spacial score (nSPS) is 11.7. The van der Waals surface area contributed by atoms with Crippen LogP contribution in [-0.2, 0) is 0 Å². The zero-order valence-corrected chi connectivity index (χ0v) is 15.2. The van der Waals surface area contributed by atoms with Crippen molar-refractivity contribution in [3.63, 3.8) is 0 Å². The van der Waals surface area contributed by atoms with Crippen molar-refractivity contribution in [1.82, 2.24) is 0 Å². The largest absolute Gasteiger partial charge is 0.491 e. The number of carbonyl (C=O) groups excluding carboxylic acids is 1. The Hall–Kier alpha value is -2.24. The second-order valence-corrected chi connectivity index (χ2v) is 6.25. The molecule has 1 atom stereocenters. The molecule has 0 radical (unpaired) electrons. The number of hydrogen-bond donors (Lipinski definition) is 2. The van der Waals surface area contributed by atoms with E-state index in [2.05, 4.69) is 5.32 Å². The number of aromatic carboxylic acids is 1. The Morgan fingerprint density at radius 2 is 1.80 bits per heavy atom. The van der Waals surface area contributed by atoms with Crippen LogP contribution in [0.3, 0.4) is 0 Å². The Morgan fingerprint density at radius 3 is 2.36 bits per heavy atom. The van der Waals surface area contributed by atoms with Gasteiger partial charge < -0.3 is 15.2 Å². The van der Waals surface area contributed by atoms with Crippen LogP contribution in [0.1, 0.15) is 41.0 Å². The molecule has 0 aromatic heterocycles. The van der Waals surface area contributed by atoms with E-state index in [0.717, 1.165) is 6.42 Å². The SMILES string of the molecule is CCC(C)Oc1ccc(C(=O)Nc2cc(C(=O)O)c(Cl)cc2Cl)cc1. The molecule has 132 valence electrons. The van der Waals surface area contributed by atoms with Crippen molar-refractivity contribution in [1.29, 1.82) is 0 Å². The van der Waals surface area contributed by atoms with Gasteiger partial charge in [0.25, 0.3) is 5.91 Å². The van der Waals surface area contributed by atoms with Gasteiger partial charge in [-0.25, -0.2) is 4.79 Å². The summed E-state index contributed by atoms with van der Waals surface area (Å²) < 4.78 is 5.66. The number of nitrogens with one attached hydrogen (secondary N) is 1. The number of halogens is 2. The Kier molecular flexibility index (Phi) is 6.28. The standard InChI is InChI=1S/C18H17Cl2NO4/c1-3-10(2)25-12-6-4-11(5-7-12)17(22)21-16-8-13(18(23)24)14(19)9-15(16)20/h4-10H,3H2,1-2H3,(H,21,22)(H,23,24). The highest BCUT2D eigenvalue weighted by Crippen LogP contribution is 2.29. The molecule has 0 aliphatic carbocycles. The Bertz CT molecular complexity index is 790. The summed E-state index contributed by atoms with van der Waals surface area (Å²) in [5.41, 5.74) is 0.423. The number of benzene rings is 2. The van der Waals surface area contributed by atoms with Crippen molar-refractivity contribution in [2.45, 2.75) is 26.4 Å². The summed E-state index contributed by atoms with van der Waals surface area (Å²) in [5, 5.41) is 11.8. The number of hydrogen-bond acceptors (Lipinski definition) is 3. The van der Waals surface area contributed by atoms with Crippen LogP contribution in [0.4, 0.5) is 5.69 Å². The van der Waals surface area contributed by atoms with E-state index in [1.54, 1.807) is 24.3 Å². The van der Waals surface area contributed by atoms with Crippen LogP contribution < -0.4 is 10.1 Å². The molecule has 0 spiro atoms. The van der Waals surface area contributed by atoms with Crippen LogP contribution in [0.2, 0.25) is 10.0 Å². The predicted octanol–water partition coefficient (Wildman–Crippen LogP) is 5.12. The van der Waals surface area contributed by atoms with E-state index in [4.69, 9.17) is 33.0 Å². The van der Waals surface area contributed by atoms with Crippen molar-refractivity contribution < 1.29 is 19.4 Å². The maximum atomic E-state index is 12.3. The monoisotopic (exact) mass is 381 g/mol. The molecule has 0 heterocycles. The summed E-state index contributed by atoms with van der Waals surface area (Å²) >= 11 is 11.9. The second kappa shape index (κ2) is 8.23. The molecule has 0 saturated carbocycles. The number of ether oxygens (including phenoxy) is 1. The molecular weight excluding hydrogens is 365 g/mol. The van der Waals surface area contributed by atoms with Crippen molar-refractivity contribution >= 4 is 40.8 Å². The zero-order chi connectivity index (χ0) is 18.6. The van der Waals surface area contributed by atoms with E-state index >= 15 is 0 Å². The van der Waals surface area contributed by atoms with Crippen LogP contribution in [0.25, 0.3) is 0 Å². The highest BCUT2D eigenvalue weighted by atomic mass is 35.5. The highest BCUT2D eigenvalue weighted by molar-refractivity contribution is 6.38. The molecule has 0 bridgehead atoms. The summed E-state index contributed by atoms with van der Waals surface area (Å²) in [7, 11) is 0. The number of amides is 1. The fourth-order valence-corrected chi connectivity index (χ4v) is 2.51. The van der Waals surface area contributed by atoms with E-state index in [9.17, 15) is 9.59 Å². The number of carboxylic acid groups (broad SMARTS) is 1. The lowest BCUT2D eigenvalue weighted by Gasteiger charge is -2.13. The molecule has 2 aromatic carbocycles. The number of anilines is 1. The summed E-state index contributed by atoms with van der Waals surface area (Å²) in [6.07, 6.45) is 0.963. The molecule has 2 aromatic rings. The first-order valence-corrected chi connectivity index (χ1v) is 8.37. The first-order valence-electron chi connectivity index (χ1n) is 7.62. The van der Waals surface area contributed by atoms with Crippen LogP contribution in [0, 0.1) is 0 Å². The fraction of sp³-hybridized carbons (Fsp3) is 0.222. The van der Waals surface area contributed by atoms with E-state index < -0.39 is 11.9 Å². The molecule has 1 unspecified atom stereocenters. The van der Waals surface area contributed by atoms with Gasteiger partial charge in [0.2, 0.25) is 0 Å². The molecule has 0 aliphatic rings. The zero-order valence-electron chi connectivity index (χ0n) is 13.7. The minimum atomic E-state index is -1.20. The van der Waals surface area contributed by atoms with Gasteiger partial charge in [-0.15, -0.1) is 0 Å². The summed E-state index contributed by atoms with van der Waals surface area (Å²) in [6, 6.07) is 9.15. The van der Waals surface area contributed by atoms with Crippen LogP contribution in [0.5, 0.6) is 5.75 Å². The van der Waals surface area contributed by atoms with Gasteiger partial charge >= 0.3 is 5.97 Å². The predicted molar refractivity (Wildman–Crippen MR) is 98.2 cm³/mol. The lowest BCUT2D eigenvalue weighted by molar-refractivity contribution is 0.0696. The third kappa shape index (κ3) is 4.87. The molecule has 0 aliphatic heterocycles. The molecule has 7 heteroatoms. The second-order valence-electron chi connectivity index (χ2n) is 5.43. The van der Waals surface area contributed by atoms with Gasteiger partial charge in [-0.3, -0.25) is 4.79 Å². The number of carboxylic acids is 1. The molecule has 25 heavy (non-hydrogen) atoms. The van der Waals surface area contributed by atoms with E-state index in [1.807, 2.05) is 13.8 Å². The fourth-order valence-electron chi connectivity index (χ4n) is 2.00. The molecule has 0 saturated heterocycles. The highest BCUT2D eigenvalue weighted by Gasteiger charge is 2.15. The lowest BCUT2D eigenvalue weighted by atomic mass is 10.1. The topological polar surface area (TPSA) is 75.6 Å². The van der Waals surface area contributed by atoms with Crippen molar-refractivity contribution in [3.05, 3.63) is 57.6 Å². The van der Waals surface area contributed by atoms with Gasteiger partial charge in [-0.05, 0) is 49.7 Å². The Labute approximate surface area is 155 Å². The third-order valence-electron chi connectivity index (χ3n) is 3.56. The van der Waals surface area contributed by atoms with Crippen LogP contribution >= 0.6 is 23.2 Å². The minimum absolute atomic E-state index is 0.00189. The van der Waals surface area contributed by atoms with E-state index in [1.165, 1.54) is 12.1 Å². The molecule has 0 fully saturated rings. The minimum Gasteiger partial charge on any atom is -0.491 e. The van der Waals surface area contributed by atoms with Crippen molar-refractivity contribution in [2.75, 3.05) is 5.32 Å². The average molecular weight is 382 g/mol. The number of rotatable bonds is 6. The maximum Gasteiger partial charge on any atom is 0.337 e. The van der Waals surface area contributed by atoms with Crippen molar-refractivity contribution in [3.8, 4) is 5.75 Å². The molecule has 5 nitrogen and oxygen atoms in total. The van der Waals surface area contributed by atoms with Gasteiger partial charge in [-0.1, -0.05) is 30.1 Å². The Morgan fingerprint density at radius 1 is 1.16 bits per heavy atom. The lowest BCUT2D eigenvalue weighted by Crippen LogP contribution is -2.13. The Balaban J connectivity index is 2.17. The van der Waals surface area contributed by atoms with Crippen LogP contribution in [0.15, 0.2) is 36.4 Å². The first-order chi connectivity index (χ1) is 11.8. The molecule has 1 amide bonds. The maximum absolute atomic E-state index is 12.3. The number of carbonyl (C=O) groups is 2. The van der Waals surface area contributed by atoms with Gasteiger partial charge in [-0.2, -0.15) is 0 Å².